The highest BCUT2D eigenvalue weighted by molar-refractivity contribution is 7.00. The van der Waals surface area contributed by atoms with Crippen LogP contribution in [0.5, 0.6) is 0 Å². The summed E-state index contributed by atoms with van der Waals surface area (Å²) in [4.78, 5) is 5.41. The fraction of sp³-hybridized carbons (Fsp3) is 0.479. The summed E-state index contributed by atoms with van der Waals surface area (Å²) in [5.74, 6) is 0. The smallest absolute Gasteiger partial charge is 0.297 e. The van der Waals surface area contributed by atoms with Crippen molar-refractivity contribution in [1.29, 1.82) is 0 Å². The van der Waals surface area contributed by atoms with Crippen LogP contribution < -0.4 is 26.4 Å². The van der Waals surface area contributed by atoms with E-state index >= 15 is 0 Å². The molecule has 4 aliphatic rings. The first-order valence-electron chi connectivity index (χ1n) is 29.4. The third-order valence-corrected chi connectivity index (χ3v) is 19.4. The summed E-state index contributed by atoms with van der Waals surface area (Å²) in [7, 11) is 0. The van der Waals surface area contributed by atoms with Gasteiger partial charge in [-0.05, 0) is 222 Å². The highest BCUT2D eigenvalue weighted by atomic mass is 16.3. The molecule has 77 heavy (non-hydrogen) atoms. The minimum absolute atomic E-state index is 0.00577. The minimum Gasteiger partial charge on any atom is -0.468 e. The average molecular weight is 1020 g/mol. The standard InChI is InChI=1S/C73H91BN2O/c1-42-28-43(2)62(44(3)29-42)45-30-59-63-60(31-45)76(51-36-48(68(10,11)12)33-49(37-51)69(13,14)15)64-52-38-53-56(73(22,23)27-24-70(53,16)17)41-61(52)77-65(64)74(63)57-39-54-55(72(20,21)26-25-71(54,18)19)40-58(57)75(59)50-34-46(66(4,5)6)32-47(35-50)67(7,8)9/h28-41H,24-27H2,1-23H3. The van der Waals surface area contributed by atoms with Gasteiger partial charge in [-0.15, -0.1) is 0 Å². The van der Waals surface area contributed by atoms with Crippen LogP contribution in [0.2, 0.25) is 0 Å². The molecule has 2 aliphatic carbocycles. The van der Waals surface area contributed by atoms with E-state index in [0.717, 1.165) is 36.9 Å². The van der Waals surface area contributed by atoms with E-state index < -0.39 is 0 Å². The van der Waals surface area contributed by atoms with Crippen LogP contribution in [-0.4, -0.2) is 6.71 Å². The van der Waals surface area contributed by atoms with Gasteiger partial charge in [-0.2, -0.15) is 0 Å². The molecule has 402 valence electrons. The molecule has 0 N–H and O–H groups in total. The molecule has 0 atom stereocenters. The Morgan fingerprint density at radius 2 is 0.818 bits per heavy atom. The van der Waals surface area contributed by atoms with Crippen molar-refractivity contribution >= 4 is 68.4 Å². The van der Waals surface area contributed by atoms with Crippen LogP contribution in [0.1, 0.15) is 225 Å². The Balaban J connectivity index is 1.38. The van der Waals surface area contributed by atoms with E-state index in [1.165, 1.54) is 123 Å². The van der Waals surface area contributed by atoms with Crippen molar-refractivity contribution in [3.63, 3.8) is 0 Å². The Morgan fingerprint density at radius 3 is 1.26 bits per heavy atom. The molecule has 4 heteroatoms. The lowest BCUT2D eigenvalue weighted by atomic mass is 9.35. The van der Waals surface area contributed by atoms with E-state index in [-0.39, 0.29) is 50.0 Å². The van der Waals surface area contributed by atoms with Crippen molar-refractivity contribution in [3.8, 4) is 11.1 Å². The van der Waals surface area contributed by atoms with Crippen molar-refractivity contribution in [2.45, 2.75) is 228 Å². The third-order valence-electron chi connectivity index (χ3n) is 19.4. The second-order valence-corrected chi connectivity index (χ2v) is 31.5. The Bertz CT molecular complexity index is 3530. The maximum absolute atomic E-state index is 7.88. The number of benzene rings is 6. The van der Waals surface area contributed by atoms with Crippen molar-refractivity contribution < 1.29 is 4.42 Å². The first-order chi connectivity index (χ1) is 35.4. The molecular weight excluding hydrogens is 932 g/mol. The molecule has 0 bridgehead atoms. The van der Waals surface area contributed by atoms with Crippen molar-refractivity contribution in [2.24, 2.45) is 0 Å². The van der Waals surface area contributed by atoms with Gasteiger partial charge in [0.2, 0.25) is 0 Å². The number of hydrogen-bond acceptors (Lipinski definition) is 3. The molecular formula is C73H91BN2O. The minimum atomic E-state index is -0.177. The van der Waals surface area contributed by atoms with Gasteiger partial charge in [0.1, 0.15) is 5.58 Å². The van der Waals surface area contributed by atoms with Gasteiger partial charge >= 0.3 is 0 Å². The molecule has 6 aromatic carbocycles. The number of nitrogens with zero attached hydrogens (tertiary/aromatic N) is 2. The Morgan fingerprint density at radius 1 is 0.429 bits per heavy atom. The van der Waals surface area contributed by atoms with Crippen LogP contribution in [0.4, 0.5) is 34.1 Å². The predicted molar refractivity (Wildman–Crippen MR) is 335 cm³/mol. The van der Waals surface area contributed by atoms with Crippen molar-refractivity contribution in [2.75, 3.05) is 9.80 Å². The van der Waals surface area contributed by atoms with Gasteiger partial charge in [0.25, 0.3) is 6.71 Å². The Kier molecular flexibility index (Phi) is 11.7. The van der Waals surface area contributed by atoms with E-state index in [9.17, 15) is 0 Å². The van der Waals surface area contributed by atoms with Crippen LogP contribution in [0.15, 0.2) is 89.3 Å². The van der Waals surface area contributed by atoms with Crippen molar-refractivity contribution in [1.82, 2.24) is 0 Å². The molecule has 1 aromatic heterocycles. The fourth-order valence-corrected chi connectivity index (χ4v) is 14.1. The summed E-state index contributed by atoms with van der Waals surface area (Å²) in [6.07, 6.45) is 4.58. The van der Waals surface area contributed by atoms with Gasteiger partial charge in [-0.25, -0.2) is 0 Å². The summed E-state index contributed by atoms with van der Waals surface area (Å²) in [6.45, 7) is 55.0. The Labute approximate surface area is 465 Å². The largest absolute Gasteiger partial charge is 0.468 e. The van der Waals surface area contributed by atoms with E-state index in [4.69, 9.17) is 4.42 Å². The van der Waals surface area contributed by atoms with Crippen LogP contribution >= 0.6 is 0 Å². The van der Waals surface area contributed by atoms with E-state index in [0.29, 0.717) is 0 Å². The summed E-state index contributed by atoms with van der Waals surface area (Å²) < 4.78 is 7.88. The highest BCUT2D eigenvalue weighted by Crippen LogP contribution is 2.55. The van der Waals surface area contributed by atoms with Gasteiger partial charge in [-0.1, -0.05) is 174 Å². The zero-order valence-corrected chi connectivity index (χ0v) is 51.8. The fourth-order valence-electron chi connectivity index (χ4n) is 14.1. The zero-order chi connectivity index (χ0) is 56.0. The van der Waals surface area contributed by atoms with Crippen LogP contribution in [-0.2, 0) is 43.3 Å². The normalized spacial score (nSPS) is 18.2. The summed E-state index contributed by atoms with van der Waals surface area (Å²) in [5, 5.41) is 1.21. The number of furan rings is 1. The number of hydrogen-bond donors (Lipinski definition) is 0. The SMILES string of the molecule is Cc1cc(C)c(-c2cc3c4c(c2)N(c2cc(C(C)(C)C)cc(C(C)(C)C)c2)c2c(oc5cc6c(cc25)C(C)(C)CCC6(C)C)B4c2cc4c(cc2N3c2cc(C(C)(C)C)cc(C(C)(C)C)c2)C(C)(C)CCC4(C)C)c(C)c1. The molecule has 0 spiro atoms. The first-order valence-corrected chi connectivity index (χ1v) is 29.4. The quantitative estimate of drug-likeness (QED) is 0.164. The van der Waals surface area contributed by atoms with E-state index in [1.54, 1.807) is 0 Å². The van der Waals surface area contributed by atoms with Crippen molar-refractivity contribution in [3.05, 3.63) is 146 Å². The highest BCUT2D eigenvalue weighted by Gasteiger charge is 2.50. The number of fused-ring (bicyclic) bond motifs is 8. The summed E-state index contributed by atoms with van der Waals surface area (Å²) in [6, 6.07) is 35.4. The number of aryl methyl sites for hydroxylation is 3. The molecule has 7 aromatic rings. The lowest BCUT2D eigenvalue weighted by Crippen LogP contribution is -2.61. The molecule has 3 nitrogen and oxygen atoms in total. The van der Waals surface area contributed by atoms with Gasteiger partial charge in [0, 0.05) is 33.8 Å². The molecule has 3 heterocycles. The molecule has 11 rings (SSSR count). The lowest BCUT2D eigenvalue weighted by molar-refractivity contribution is 0.332. The Hall–Kier alpha value is -5.48. The number of anilines is 6. The average Bonchev–Trinajstić information content (AvgIpc) is 3.92. The molecule has 0 unspecified atom stereocenters. The van der Waals surface area contributed by atoms with E-state index in [2.05, 4.69) is 254 Å². The van der Waals surface area contributed by atoms with Gasteiger partial charge in [0.05, 0.1) is 11.3 Å². The van der Waals surface area contributed by atoms with Crippen LogP contribution in [0.3, 0.4) is 0 Å². The van der Waals surface area contributed by atoms with E-state index in [1.807, 2.05) is 0 Å². The molecule has 2 aliphatic heterocycles. The second kappa shape index (κ2) is 16.8. The third kappa shape index (κ3) is 8.57. The second-order valence-electron chi connectivity index (χ2n) is 31.5. The first kappa shape index (κ1) is 53.5. The lowest BCUT2D eigenvalue weighted by Gasteiger charge is -2.47. The van der Waals surface area contributed by atoms with Gasteiger partial charge in [-0.3, -0.25) is 0 Å². The molecule has 0 amide bonds. The van der Waals surface area contributed by atoms with Crippen LogP contribution in [0.25, 0.3) is 22.1 Å². The molecule has 0 fully saturated rings. The number of rotatable bonds is 3. The monoisotopic (exact) mass is 1020 g/mol. The van der Waals surface area contributed by atoms with Gasteiger partial charge < -0.3 is 14.2 Å². The molecule has 0 saturated carbocycles. The summed E-state index contributed by atoms with van der Waals surface area (Å²) in [5.41, 5.74) is 29.3. The topological polar surface area (TPSA) is 19.6 Å². The maximum Gasteiger partial charge on any atom is 0.297 e. The zero-order valence-electron chi connectivity index (χ0n) is 51.8. The summed E-state index contributed by atoms with van der Waals surface area (Å²) >= 11 is 0. The predicted octanol–water partition coefficient (Wildman–Crippen LogP) is 19.0. The molecule has 0 saturated heterocycles. The van der Waals surface area contributed by atoms with Gasteiger partial charge in [0.15, 0.2) is 0 Å². The van der Waals surface area contributed by atoms with Crippen LogP contribution in [0, 0.1) is 20.8 Å². The maximum atomic E-state index is 7.88. The molecule has 0 radical (unpaired) electrons.